The fraction of sp³-hybridized carbons (Fsp3) is 0.571. The van der Waals surface area contributed by atoms with Gasteiger partial charge in [-0.25, -0.2) is 4.39 Å². The molecule has 0 spiro atoms. The largest absolute Gasteiger partial charge is 0.389 e. The standard InChI is InChI=1S/C14H19FN2O2/c15-11-1-3-12(4-2-11)16-5-7-17(8-6-16)13-9-19-10-14(13)18/h1-4,13-14,18H,5-10H2/t13-,14-/m0/s1. The predicted octanol–water partition coefficient (Wildman–Crippen LogP) is 0.707. The molecule has 1 N–H and O–H groups in total. The van der Waals surface area contributed by atoms with E-state index in [0.717, 1.165) is 31.9 Å². The van der Waals surface area contributed by atoms with E-state index in [4.69, 9.17) is 4.74 Å². The maximum Gasteiger partial charge on any atom is 0.123 e. The summed E-state index contributed by atoms with van der Waals surface area (Å²) in [6, 6.07) is 6.76. The smallest absolute Gasteiger partial charge is 0.123 e. The summed E-state index contributed by atoms with van der Waals surface area (Å²) in [6.07, 6.45) is -0.364. The minimum atomic E-state index is -0.364. The number of piperazine rings is 1. The van der Waals surface area contributed by atoms with Crippen molar-refractivity contribution in [3.8, 4) is 0 Å². The van der Waals surface area contributed by atoms with Crippen molar-refractivity contribution in [1.82, 2.24) is 4.90 Å². The summed E-state index contributed by atoms with van der Waals surface area (Å²) in [4.78, 5) is 4.54. The Labute approximate surface area is 112 Å². The van der Waals surface area contributed by atoms with Gasteiger partial charge in [-0.1, -0.05) is 0 Å². The Morgan fingerprint density at radius 2 is 1.74 bits per heavy atom. The van der Waals surface area contributed by atoms with E-state index in [-0.39, 0.29) is 18.0 Å². The molecule has 19 heavy (non-hydrogen) atoms. The molecule has 0 amide bonds. The molecule has 0 aromatic heterocycles. The maximum atomic E-state index is 12.9. The molecule has 2 saturated heterocycles. The Hall–Kier alpha value is -1.17. The van der Waals surface area contributed by atoms with E-state index < -0.39 is 0 Å². The third-order valence-corrected chi connectivity index (χ3v) is 4.00. The van der Waals surface area contributed by atoms with Crippen LogP contribution in [0.1, 0.15) is 0 Å². The molecule has 2 aliphatic heterocycles. The van der Waals surface area contributed by atoms with Crippen LogP contribution in [0.2, 0.25) is 0 Å². The molecule has 5 heteroatoms. The first-order valence-corrected chi connectivity index (χ1v) is 6.74. The van der Waals surface area contributed by atoms with Gasteiger partial charge in [0, 0.05) is 31.9 Å². The van der Waals surface area contributed by atoms with Crippen molar-refractivity contribution < 1.29 is 14.2 Å². The van der Waals surface area contributed by atoms with Crippen LogP contribution < -0.4 is 4.90 Å². The zero-order valence-corrected chi connectivity index (χ0v) is 10.8. The zero-order valence-electron chi connectivity index (χ0n) is 10.8. The number of halogens is 1. The summed E-state index contributed by atoms with van der Waals surface area (Å²) in [5.41, 5.74) is 1.06. The molecule has 104 valence electrons. The quantitative estimate of drug-likeness (QED) is 0.855. The van der Waals surface area contributed by atoms with E-state index in [1.165, 1.54) is 12.1 Å². The lowest BCUT2D eigenvalue weighted by Gasteiger charge is -2.39. The van der Waals surface area contributed by atoms with Crippen molar-refractivity contribution in [3.63, 3.8) is 0 Å². The fourth-order valence-electron chi connectivity index (χ4n) is 2.84. The van der Waals surface area contributed by atoms with Gasteiger partial charge in [0.1, 0.15) is 5.82 Å². The van der Waals surface area contributed by atoms with Crippen molar-refractivity contribution in [2.24, 2.45) is 0 Å². The van der Waals surface area contributed by atoms with E-state index in [1.54, 1.807) is 0 Å². The average Bonchev–Trinajstić information content (AvgIpc) is 2.86. The van der Waals surface area contributed by atoms with Gasteiger partial charge in [-0.2, -0.15) is 0 Å². The Morgan fingerprint density at radius 3 is 2.32 bits per heavy atom. The summed E-state index contributed by atoms with van der Waals surface area (Å²) >= 11 is 0. The normalized spacial score (nSPS) is 28.8. The van der Waals surface area contributed by atoms with Crippen molar-refractivity contribution >= 4 is 5.69 Å². The van der Waals surface area contributed by atoms with Crippen LogP contribution in [0.4, 0.5) is 10.1 Å². The van der Waals surface area contributed by atoms with Crippen molar-refractivity contribution in [2.45, 2.75) is 12.1 Å². The third-order valence-electron chi connectivity index (χ3n) is 4.00. The van der Waals surface area contributed by atoms with Gasteiger partial charge in [0.2, 0.25) is 0 Å². The summed E-state index contributed by atoms with van der Waals surface area (Å²) in [7, 11) is 0. The summed E-state index contributed by atoms with van der Waals surface area (Å²) in [5, 5.41) is 9.83. The molecule has 3 rings (SSSR count). The van der Waals surface area contributed by atoms with Gasteiger partial charge >= 0.3 is 0 Å². The number of ether oxygens (including phenoxy) is 1. The molecule has 2 aliphatic rings. The molecular formula is C14H19FN2O2. The molecule has 2 heterocycles. The van der Waals surface area contributed by atoms with Crippen molar-refractivity contribution in [1.29, 1.82) is 0 Å². The van der Waals surface area contributed by atoms with Gasteiger partial charge in [0.05, 0.1) is 25.4 Å². The lowest BCUT2D eigenvalue weighted by atomic mass is 10.1. The molecule has 0 unspecified atom stereocenters. The maximum absolute atomic E-state index is 12.9. The first-order chi connectivity index (χ1) is 9.24. The summed E-state index contributed by atoms with van der Waals surface area (Å²) in [5.74, 6) is -0.200. The Balaban J connectivity index is 1.58. The Kier molecular flexibility index (Phi) is 3.68. The molecular weight excluding hydrogens is 247 g/mol. The first kappa shape index (κ1) is 12.8. The van der Waals surface area contributed by atoms with Gasteiger partial charge in [0.15, 0.2) is 0 Å². The van der Waals surface area contributed by atoms with E-state index >= 15 is 0 Å². The number of benzene rings is 1. The van der Waals surface area contributed by atoms with E-state index in [1.807, 2.05) is 12.1 Å². The van der Waals surface area contributed by atoms with Crippen LogP contribution in [0.25, 0.3) is 0 Å². The van der Waals surface area contributed by atoms with E-state index in [0.29, 0.717) is 13.2 Å². The lowest BCUT2D eigenvalue weighted by Crippen LogP contribution is -2.53. The van der Waals surface area contributed by atoms with Gasteiger partial charge in [0.25, 0.3) is 0 Å². The number of rotatable bonds is 2. The van der Waals surface area contributed by atoms with E-state index in [2.05, 4.69) is 9.80 Å². The topological polar surface area (TPSA) is 35.9 Å². The van der Waals surface area contributed by atoms with Crippen LogP contribution in [0.3, 0.4) is 0 Å². The van der Waals surface area contributed by atoms with Crippen LogP contribution in [0.15, 0.2) is 24.3 Å². The number of hydrogen-bond acceptors (Lipinski definition) is 4. The predicted molar refractivity (Wildman–Crippen MR) is 70.8 cm³/mol. The first-order valence-electron chi connectivity index (χ1n) is 6.74. The van der Waals surface area contributed by atoms with Gasteiger partial charge in [-0.05, 0) is 24.3 Å². The van der Waals surface area contributed by atoms with Crippen LogP contribution >= 0.6 is 0 Å². The van der Waals surface area contributed by atoms with Crippen LogP contribution in [0, 0.1) is 5.82 Å². The minimum Gasteiger partial charge on any atom is -0.389 e. The van der Waals surface area contributed by atoms with Crippen LogP contribution in [-0.4, -0.2) is 61.5 Å². The van der Waals surface area contributed by atoms with E-state index in [9.17, 15) is 9.50 Å². The highest BCUT2D eigenvalue weighted by atomic mass is 19.1. The highest BCUT2D eigenvalue weighted by Gasteiger charge is 2.33. The number of aliphatic hydroxyl groups excluding tert-OH is 1. The fourth-order valence-corrected chi connectivity index (χ4v) is 2.84. The monoisotopic (exact) mass is 266 g/mol. The second-order valence-electron chi connectivity index (χ2n) is 5.17. The average molecular weight is 266 g/mol. The zero-order chi connectivity index (χ0) is 13.2. The number of hydrogen-bond donors (Lipinski definition) is 1. The Bertz CT molecular complexity index is 418. The van der Waals surface area contributed by atoms with Gasteiger partial charge < -0.3 is 14.7 Å². The molecule has 1 aromatic rings. The molecule has 2 atom stereocenters. The number of anilines is 1. The SMILES string of the molecule is O[C@H]1COC[C@@H]1N1CCN(c2ccc(F)cc2)CC1. The third kappa shape index (κ3) is 2.73. The molecule has 4 nitrogen and oxygen atoms in total. The summed E-state index contributed by atoms with van der Waals surface area (Å²) < 4.78 is 18.2. The molecule has 0 aliphatic carbocycles. The highest BCUT2D eigenvalue weighted by molar-refractivity contribution is 5.46. The molecule has 0 radical (unpaired) electrons. The van der Waals surface area contributed by atoms with Crippen LogP contribution in [0.5, 0.6) is 0 Å². The Morgan fingerprint density at radius 1 is 1.05 bits per heavy atom. The van der Waals surface area contributed by atoms with Crippen LogP contribution in [-0.2, 0) is 4.74 Å². The molecule has 1 aromatic carbocycles. The van der Waals surface area contributed by atoms with Crippen molar-refractivity contribution in [3.05, 3.63) is 30.1 Å². The number of nitrogens with zero attached hydrogens (tertiary/aromatic N) is 2. The minimum absolute atomic E-state index is 0.135. The van der Waals surface area contributed by atoms with Gasteiger partial charge in [-0.15, -0.1) is 0 Å². The lowest BCUT2D eigenvalue weighted by molar-refractivity contribution is 0.0785. The molecule has 2 fully saturated rings. The van der Waals surface area contributed by atoms with Gasteiger partial charge in [-0.3, -0.25) is 4.90 Å². The number of aliphatic hydroxyl groups is 1. The second kappa shape index (κ2) is 5.45. The van der Waals surface area contributed by atoms with Crippen molar-refractivity contribution in [2.75, 3.05) is 44.3 Å². The molecule has 0 saturated carbocycles. The summed E-state index contributed by atoms with van der Waals surface area (Å²) in [6.45, 7) is 4.68. The second-order valence-corrected chi connectivity index (χ2v) is 5.17. The molecule has 0 bridgehead atoms. The highest BCUT2D eigenvalue weighted by Crippen LogP contribution is 2.20.